The number of tetrazole rings is 1. The van der Waals surface area contributed by atoms with Crippen LogP contribution >= 0.6 is 0 Å². The lowest BCUT2D eigenvalue weighted by molar-refractivity contribution is 0.0456. The molecule has 2 aromatic heterocycles. The van der Waals surface area contributed by atoms with Gasteiger partial charge in [0.25, 0.3) is 0 Å². The molecule has 0 aliphatic heterocycles. The summed E-state index contributed by atoms with van der Waals surface area (Å²) in [6.07, 6.45) is 1.40. The van der Waals surface area contributed by atoms with Gasteiger partial charge in [-0.25, -0.2) is 0 Å². The van der Waals surface area contributed by atoms with Crippen molar-refractivity contribution in [1.29, 1.82) is 0 Å². The molecule has 0 saturated heterocycles. The zero-order valence-electron chi connectivity index (χ0n) is 9.96. The fraction of sp³-hybridized carbons (Fsp3) is 0.600. The van der Waals surface area contributed by atoms with Crippen LogP contribution in [0.3, 0.4) is 0 Å². The smallest absolute Gasteiger partial charge is 0.200 e. The van der Waals surface area contributed by atoms with Crippen LogP contribution in [0.4, 0.5) is 5.82 Å². The third kappa shape index (κ3) is 2.50. The first-order chi connectivity index (χ1) is 8.17. The van der Waals surface area contributed by atoms with Gasteiger partial charge in [-0.15, -0.1) is 14.8 Å². The van der Waals surface area contributed by atoms with Crippen LogP contribution in [0.2, 0.25) is 0 Å². The van der Waals surface area contributed by atoms with Crippen molar-refractivity contribution in [3.8, 4) is 0 Å². The highest BCUT2D eigenvalue weighted by molar-refractivity contribution is 5.42. The quantitative estimate of drug-likeness (QED) is 0.785. The maximum Gasteiger partial charge on any atom is 0.200 e. The number of hydrogen-bond acceptors (Lipinski definition) is 6. The molecule has 0 radical (unpaired) electrons. The SMILES string of the molecule is CCC(O)(CC)CNc1ccc2nnnn2n1. The zero-order valence-corrected chi connectivity index (χ0v) is 9.96. The summed E-state index contributed by atoms with van der Waals surface area (Å²) in [4.78, 5) is 0. The highest BCUT2D eigenvalue weighted by Crippen LogP contribution is 2.15. The predicted molar refractivity (Wildman–Crippen MR) is 62.6 cm³/mol. The van der Waals surface area contributed by atoms with Crippen molar-refractivity contribution in [1.82, 2.24) is 25.3 Å². The van der Waals surface area contributed by atoms with E-state index in [1.54, 1.807) is 12.1 Å². The Hall–Kier alpha value is -1.76. The minimum Gasteiger partial charge on any atom is -0.388 e. The molecule has 2 heterocycles. The number of fused-ring (bicyclic) bond motifs is 1. The van der Waals surface area contributed by atoms with E-state index in [1.165, 1.54) is 4.63 Å². The molecule has 2 aromatic rings. The molecule has 0 aliphatic carbocycles. The van der Waals surface area contributed by atoms with Crippen molar-refractivity contribution < 1.29 is 5.11 Å². The van der Waals surface area contributed by atoms with Crippen LogP contribution in [-0.4, -0.2) is 42.5 Å². The van der Waals surface area contributed by atoms with Gasteiger partial charge in [0.15, 0.2) is 5.65 Å². The maximum absolute atomic E-state index is 10.1. The molecular weight excluding hydrogens is 220 g/mol. The monoisotopic (exact) mass is 236 g/mol. The second kappa shape index (κ2) is 4.62. The summed E-state index contributed by atoms with van der Waals surface area (Å²) < 4.78 is 1.35. The van der Waals surface area contributed by atoms with Crippen molar-refractivity contribution in [3.63, 3.8) is 0 Å². The Balaban J connectivity index is 2.08. The number of aromatic nitrogens is 5. The maximum atomic E-state index is 10.1. The Labute approximate surface area is 98.8 Å². The molecule has 2 N–H and O–H groups in total. The summed E-state index contributed by atoms with van der Waals surface area (Å²) in [7, 11) is 0. The van der Waals surface area contributed by atoms with Crippen molar-refractivity contribution in [2.24, 2.45) is 0 Å². The summed E-state index contributed by atoms with van der Waals surface area (Å²) >= 11 is 0. The van der Waals surface area contributed by atoms with E-state index in [1.807, 2.05) is 13.8 Å². The molecule has 7 nitrogen and oxygen atoms in total. The third-order valence-electron chi connectivity index (χ3n) is 2.98. The average molecular weight is 236 g/mol. The lowest BCUT2D eigenvalue weighted by Gasteiger charge is -2.25. The lowest BCUT2D eigenvalue weighted by Crippen LogP contribution is -2.35. The molecule has 0 bridgehead atoms. The lowest BCUT2D eigenvalue weighted by atomic mass is 9.98. The summed E-state index contributed by atoms with van der Waals surface area (Å²) in [5.41, 5.74) is -0.103. The highest BCUT2D eigenvalue weighted by atomic mass is 16.3. The van der Waals surface area contributed by atoms with Crippen molar-refractivity contribution >= 4 is 11.5 Å². The highest BCUT2D eigenvalue weighted by Gasteiger charge is 2.21. The van der Waals surface area contributed by atoms with Gasteiger partial charge < -0.3 is 10.4 Å². The normalized spacial score (nSPS) is 11.9. The van der Waals surface area contributed by atoms with Crippen LogP contribution in [-0.2, 0) is 0 Å². The van der Waals surface area contributed by atoms with Crippen LogP contribution in [0.15, 0.2) is 12.1 Å². The molecule has 0 amide bonds. The van der Waals surface area contributed by atoms with Crippen molar-refractivity contribution in [2.45, 2.75) is 32.3 Å². The van der Waals surface area contributed by atoms with Gasteiger partial charge in [-0.2, -0.15) is 0 Å². The zero-order chi connectivity index (χ0) is 12.3. The summed E-state index contributed by atoms with van der Waals surface area (Å²) in [6, 6.07) is 3.56. The van der Waals surface area contributed by atoms with E-state index in [0.29, 0.717) is 30.9 Å². The number of rotatable bonds is 5. The molecule has 0 saturated carbocycles. The van der Waals surface area contributed by atoms with E-state index >= 15 is 0 Å². The number of aliphatic hydroxyl groups is 1. The molecule has 0 aliphatic rings. The van der Waals surface area contributed by atoms with Gasteiger partial charge in [-0.3, -0.25) is 0 Å². The van der Waals surface area contributed by atoms with E-state index in [0.717, 1.165) is 0 Å². The van der Waals surface area contributed by atoms with Gasteiger partial charge in [-0.1, -0.05) is 13.8 Å². The van der Waals surface area contributed by atoms with Gasteiger partial charge in [0.1, 0.15) is 5.82 Å². The van der Waals surface area contributed by atoms with Crippen LogP contribution < -0.4 is 5.32 Å². The molecule has 0 unspecified atom stereocenters. The molecule has 0 spiro atoms. The number of hydrogen-bond donors (Lipinski definition) is 2. The van der Waals surface area contributed by atoms with Crippen molar-refractivity contribution in [2.75, 3.05) is 11.9 Å². The Morgan fingerprint density at radius 3 is 2.82 bits per heavy atom. The van der Waals surface area contributed by atoms with Gasteiger partial charge in [0.05, 0.1) is 5.60 Å². The van der Waals surface area contributed by atoms with Gasteiger partial charge in [-0.05, 0) is 35.4 Å². The topological polar surface area (TPSA) is 88.2 Å². The van der Waals surface area contributed by atoms with Crippen LogP contribution in [0.25, 0.3) is 5.65 Å². The second-order valence-electron chi connectivity index (χ2n) is 4.03. The van der Waals surface area contributed by atoms with Gasteiger partial charge >= 0.3 is 0 Å². The van der Waals surface area contributed by atoms with E-state index in [2.05, 4.69) is 25.9 Å². The van der Waals surface area contributed by atoms with Crippen molar-refractivity contribution in [3.05, 3.63) is 12.1 Å². The van der Waals surface area contributed by atoms with E-state index in [4.69, 9.17) is 0 Å². The largest absolute Gasteiger partial charge is 0.388 e. The van der Waals surface area contributed by atoms with Crippen LogP contribution in [0.5, 0.6) is 0 Å². The Kier molecular flexibility index (Phi) is 3.19. The van der Waals surface area contributed by atoms with Crippen LogP contribution in [0.1, 0.15) is 26.7 Å². The summed E-state index contributed by atoms with van der Waals surface area (Å²) in [5, 5.41) is 28.4. The number of nitrogens with one attached hydrogen (secondary N) is 1. The molecule has 92 valence electrons. The molecule has 17 heavy (non-hydrogen) atoms. The molecule has 0 fully saturated rings. The van der Waals surface area contributed by atoms with E-state index in [9.17, 15) is 5.11 Å². The van der Waals surface area contributed by atoms with E-state index in [-0.39, 0.29) is 0 Å². The van der Waals surface area contributed by atoms with Crippen LogP contribution in [0, 0.1) is 0 Å². The summed E-state index contributed by atoms with van der Waals surface area (Å²) in [6.45, 7) is 4.38. The standard InChI is InChI=1S/C10H16N6O/c1-3-10(17,4-2)7-11-8-5-6-9-12-14-15-16(9)13-8/h5-6,17H,3-4,7H2,1-2H3,(H,11,13). The summed E-state index contributed by atoms with van der Waals surface area (Å²) in [5.74, 6) is 0.644. The number of nitrogens with zero attached hydrogens (tertiary/aromatic N) is 5. The first-order valence-electron chi connectivity index (χ1n) is 5.68. The second-order valence-corrected chi connectivity index (χ2v) is 4.03. The predicted octanol–water partition coefficient (Wildman–Crippen LogP) is 0.482. The first-order valence-corrected chi connectivity index (χ1v) is 5.68. The first kappa shape index (κ1) is 11.7. The Bertz CT molecular complexity index is 492. The molecule has 2 rings (SSSR count). The Morgan fingerprint density at radius 2 is 2.12 bits per heavy atom. The van der Waals surface area contributed by atoms with Gasteiger partial charge in [0.2, 0.25) is 0 Å². The number of anilines is 1. The third-order valence-corrected chi connectivity index (χ3v) is 2.98. The van der Waals surface area contributed by atoms with Gasteiger partial charge in [0, 0.05) is 6.54 Å². The fourth-order valence-corrected chi connectivity index (χ4v) is 1.50. The average Bonchev–Trinajstić information content (AvgIpc) is 2.83. The molecular formula is C10H16N6O. The fourth-order valence-electron chi connectivity index (χ4n) is 1.50. The molecule has 0 aromatic carbocycles. The molecule has 7 heteroatoms. The minimum absolute atomic E-state index is 0.459. The Morgan fingerprint density at radius 1 is 1.35 bits per heavy atom. The minimum atomic E-state index is -0.697. The molecule has 0 atom stereocenters. The van der Waals surface area contributed by atoms with E-state index < -0.39 is 5.60 Å².